The van der Waals surface area contributed by atoms with Gasteiger partial charge in [-0.1, -0.05) is 11.2 Å². The number of anilines is 1. The summed E-state index contributed by atoms with van der Waals surface area (Å²) in [5.74, 6) is 1.65. The van der Waals surface area contributed by atoms with E-state index in [1.54, 1.807) is 39.3 Å². The first-order valence-electron chi connectivity index (χ1n) is 11.2. The van der Waals surface area contributed by atoms with Gasteiger partial charge >= 0.3 is 0 Å². The molecule has 1 fully saturated rings. The first-order chi connectivity index (χ1) is 16.9. The number of carbonyl (C=O) groups is 1. The van der Waals surface area contributed by atoms with E-state index in [0.717, 1.165) is 30.5 Å². The molecule has 11 heteroatoms. The normalized spacial score (nSPS) is 16.0. The number of benzene rings is 2. The van der Waals surface area contributed by atoms with Crippen LogP contribution in [0, 0.1) is 23.0 Å². The van der Waals surface area contributed by atoms with E-state index in [1.807, 2.05) is 6.07 Å². The number of nitro groups is 1. The van der Waals surface area contributed by atoms with Crippen LogP contribution < -0.4 is 14.8 Å². The van der Waals surface area contributed by atoms with Crippen LogP contribution in [-0.4, -0.2) is 53.2 Å². The number of likely N-dealkylation sites (tertiary alicyclic amines) is 1. The maximum atomic E-state index is 12.9. The highest BCUT2D eigenvalue weighted by Gasteiger charge is 2.27. The number of ether oxygens (including phenoxy) is 2. The molecule has 3 aromatic rings. The van der Waals surface area contributed by atoms with Crippen molar-refractivity contribution in [1.82, 2.24) is 15.0 Å². The maximum absolute atomic E-state index is 12.9. The second kappa shape index (κ2) is 10.5. The molecule has 1 N–H and O–H groups in total. The Kier molecular flexibility index (Phi) is 7.25. The molecule has 1 aliphatic rings. The zero-order chi connectivity index (χ0) is 24.9. The summed E-state index contributed by atoms with van der Waals surface area (Å²) in [5, 5.41) is 18.0. The Morgan fingerprint density at radius 2 is 2.03 bits per heavy atom. The van der Waals surface area contributed by atoms with Gasteiger partial charge in [-0.2, -0.15) is 4.98 Å². The van der Waals surface area contributed by atoms with Gasteiger partial charge in [0.25, 0.3) is 5.69 Å². The molecule has 1 unspecified atom stereocenters. The summed E-state index contributed by atoms with van der Waals surface area (Å²) in [6.07, 6.45) is 1.57. The lowest BCUT2D eigenvalue weighted by Gasteiger charge is -2.31. The van der Waals surface area contributed by atoms with Gasteiger partial charge in [0.05, 0.1) is 37.3 Å². The summed E-state index contributed by atoms with van der Waals surface area (Å²) in [6, 6.07) is 9.83. The number of piperidine rings is 1. The second-order valence-electron chi connectivity index (χ2n) is 8.40. The summed E-state index contributed by atoms with van der Waals surface area (Å²) in [7, 11) is 3.13. The van der Waals surface area contributed by atoms with Crippen molar-refractivity contribution >= 4 is 17.3 Å². The number of hydrogen-bond donors (Lipinski definition) is 1. The van der Waals surface area contributed by atoms with Crippen LogP contribution in [0.3, 0.4) is 0 Å². The lowest BCUT2D eigenvalue weighted by molar-refractivity contribution is -0.384. The molecule has 2 aromatic carbocycles. The molecule has 35 heavy (non-hydrogen) atoms. The minimum absolute atomic E-state index is 0.0575. The molecule has 1 saturated heterocycles. The van der Waals surface area contributed by atoms with Crippen molar-refractivity contribution in [3.05, 3.63) is 58.0 Å². The van der Waals surface area contributed by atoms with E-state index >= 15 is 0 Å². The third kappa shape index (κ3) is 5.57. The molecule has 184 valence electrons. The molecule has 0 radical (unpaired) electrons. The van der Waals surface area contributed by atoms with Gasteiger partial charge in [-0.3, -0.25) is 19.8 Å². The van der Waals surface area contributed by atoms with Crippen molar-refractivity contribution in [2.45, 2.75) is 26.3 Å². The number of nitrogens with zero attached hydrogens (tertiary/aromatic N) is 4. The van der Waals surface area contributed by atoms with Gasteiger partial charge in [0.15, 0.2) is 11.5 Å². The van der Waals surface area contributed by atoms with Gasteiger partial charge < -0.3 is 19.3 Å². The predicted octanol–water partition coefficient (Wildman–Crippen LogP) is 3.82. The van der Waals surface area contributed by atoms with Crippen LogP contribution in [0.15, 0.2) is 40.9 Å². The quantitative estimate of drug-likeness (QED) is 0.376. The van der Waals surface area contributed by atoms with Crippen LogP contribution in [0.25, 0.3) is 11.4 Å². The molecular formula is C24H27N5O6. The Bertz CT molecular complexity index is 1230. The van der Waals surface area contributed by atoms with Crippen LogP contribution in [0.5, 0.6) is 11.5 Å². The van der Waals surface area contributed by atoms with E-state index in [-0.39, 0.29) is 17.5 Å². The minimum atomic E-state index is -0.474. The summed E-state index contributed by atoms with van der Waals surface area (Å²) >= 11 is 0. The number of nitrogens with one attached hydrogen (secondary N) is 1. The van der Waals surface area contributed by atoms with Crippen molar-refractivity contribution in [3.63, 3.8) is 0 Å². The smallest absolute Gasteiger partial charge is 0.271 e. The van der Waals surface area contributed by atoms with Crippen LogP contribution in [0.1, 0.15) is 24.3 Å². The SMILES string of the molecule is COc1ccc(-c2noc(CN3CCCC(C(=O)Nc4cc([N+](=O)[O-])ccc4C)C3)n2)cc1OC. The number of rotatable bonds is 8. The van der Waals surface area contributed by atoms with Gasteiger partial charge in [-0.15, -0.1) is 0 Å². The lowest BCUT2D eigenvalue weighted by Crippen LogP contribution is -2.40. The first kappa shape index (κ1) is 24.1. The molecule has 2 heterocycles. The number of carbonyl (C=O) groups excluding carboxylic acids is 1. The van der Waals surface area contributed by atoms with E-state index in [9.17, 15) is 14.9 Å². The molecule has 0 bridgehead atoms. The highest BCUT2D eigenvalue weighted by Crippen LogP contribution is 2.31. The first-order valence-corrected chi connectivity index (χ1v) is 11.2. The van der Waals surface area contributed by atoms with Crippen molar-refractivity contribution in [2.24, 2.45) is 5.92 Å². The lowest BCUT2D eigenvalue weighted by atomic mass is 9.97. The van der Waals surface area contributed by atoms with Crippen LogP contribution in [0.4, 0.5) is 11.4 Å². The topological polar surface area (TPSA) is 133 Å². The van der Waals surface area contributed by atoms with Crippen LogP contribution in [-0.2, 0) is 11.3 Å². The maximum Gasteiger partial charge on any atom is 0.271 e. The zero-order valence-electron chi connectivity index (χ0n) is 19.8. The van der Waals surface area contributed by atoms with E-state index in [0.29, 0.717) is 42.0 Å². The monoisotopic (exact) mass is 481 g/mol. The molecule has 4 rings (SSSR count). The Balaban J connectivity index is 1.40. The molecule has 1 aromatic heterocycles. The number of methoxy groups -OCH3 is 2. The average molecular weight is 482 g/mol. The molecule has 11 nitrogen and oxygen atoms in total. The van der Waals surface area contributed by atoms with Crippen molar-refractivity contribution in [1.29, 1.82) is 0 Å². The number of hydrogen-bond acceptors (Lipinski definition) is 9. The number of aromatic nitrogens is 2. The molecule has 0 aliphatic carbocycles. The molecule has 1 atom stereocenters. The third-order valence-corrected chi connectivity index (χ3v) is 6.03. The summed E-state index contributed by atoms with van der Waals surface area (Å²) in [6.45, 7) is 3.54. The molecule has 0 saturated carbocycles. The largest absolute Gasteiger partial charge is 0.493 e. The van der Waals surface area contributed by atoms with Gasteiger partial charge in [0.1, 0.15) is 0 Å². The van der Waals surface area contributed by atoms with Gasteiger partial charge in [-0.05, 0) is 50.1 Å². The zero-order valence-corrected chi connectivity index (χ0v) is 19.8. The number of nitro benzene ring substituents is 1. The Morgan fingerprint density at radius 1 is 1.23 bits per heavy atom. The fraction of sp³-hybridized carbons (Fsp3) is 0.375. The Morgan fingerprint density at radius 3 is 2.77 bits per heavy atom. The highest BCUT2D eigenvalue weighted by molar-refractivity contribution is 5.93. The van der Waals surface area contributed by atoms with Gasteiger partial charge in [-0.25, -0.2) is 0 Å². The van der Waals surface area contributed by atoms with E-state index in [2.05, 4.69) is 20.4 Å². The Hall–Kier alpha value is -3.99. The summed E-state index contributed by atoms with van der Waals surface area (Å²) in [4.78, 5) is 30.1. The summed E-state index contributed by atoms with van der Waals surface area (Å²) < 4.78 is 16.1. The van der Waals surface area contributed by atoms with Crippen LogP contribution in [0.2, 0.25) is 0 Å². The minimum Gasteiger partial charge on any atom is -0.493 e. The van der Waals surface area contributed by atoms with Gasteiger partial charge in [0.2, 0.25) is 17.6 Å². The average Bonchev–Trinajstić information content (AvgIpc) is 3.33. The number of non-ortho nitro benzene ring substituents is 1. The third-order valence-electron chi connectivity index (χ3n) is 6.03. The van der Waals surface area contributed by atoms with E-state index in [4.69, 9.17) is 14.0 Å². The van der Waals surface area contributed by atoms with Crippen molar-refractivity contribution in [3.8, 4) is 22.9 Å². The Labute approximate surface area is 202 Å². The molecule has 1 amide bonds. The highest BCUT2D eigenvalue weighted by atomic mass is 16.6. The molecule has 1 aliphatic heterocycles. The molecule has 0 spiro atoms. The predicted molar refractivity (Wildman–Crippen MR) is 127 cm³/mol. The number of aryl methyl sites for hydroxylation is 1. The number of amides is 1. The second-order valence-corrected chi connectivity index (χ2v) is 8.40. The fourth-order valence-corrected chi connectivity index (χ4v) is 4.11. The van der Waals surface area contributed by atoms with E-state index < -0.39 is 4.92 Å². The summed E-state index contributed by atoms with van der Waals surface area (Å²) in [5.41, 5.74) is 1.90. The fourth-order valence-electron chi connectivity index (χ4n) is 4.11. The van der Waals surface area contributed by atoms with Gasteiger partial charge in [0, 0.05) is 24.2 Å². The molecular weight excluding hydrogens is 454 g/mol. The van der Waals surface area contributed by atoms with Crippen LogP contribution >= 0.6 is 0 Å². The van der Waals surface area contributed by atoms with Crippen molar-refractivity contribution in [2.75, 3.05) is 32.6 Å². The van der Waals surface area contributed by atoms with Crippen molar-refractivity contribution < 1.29 is 23.7 Å². The standard InChI is InChI=1S/C24H27N5O6/c1-15-6-8-18(29(31)32)12-19(15)25-24(30)17-5-4-10-28(13-17)14-22-26-23(27-35-22)16-7-9-20(33-2)21(11-16)34-3/h6-9,11-12,17H,4-5,10,13-14H2,1-3H3,(H,25,30). The van der Waals surface area contributed by atoms with E-state index in [1.165, 1.54) is 12.1 Å².